The van der Waals surface area contributed by atoms with Crippen molar-refractivity contribution < 1.29 is 163 Å². The number of nitro groups is 3. The molecule has 94 heavy (non-hydrogen) atoms. The van der Waals surface area contributed by atoms with Crippen LogP contribution in [0.4, 0.5) is 31.4 Å². The van der Waals surface area contributed by atoms with Gasteiger partial charge in [-0.1, -0.05) is 38.5 Å². The van der Waals surface area contributed by atoms with Crippen LogP contribution in [-0.2, 0) is 110 Å². The number of nitrogens with one attached hydrogen (secondary N) is 3. The molecule has 6 unspecified atom stereocenters. The van der Waals surface area contributed by atoms with Gasteiger partial charge in [0.2, 0.25) is 0 Å². The molecular weight excluding hydrogens is 1440 g/mol. The van der Waals surface area contributed by atoms with Crippen molar-refractivity contribution in [3.05, 3.63) is 120 Å². The number of hydrogen-bond acceptors (Lipinski definition) is 29. The van der Waals surface area contributed by atoms with E-state index in [1.165, 1.54) is 72.8 Å². The van der Waals surface area contributed by atoms with Crippen molar-refractivity contribution in [3.63, 3.8) is 0 Å². The minimum Gasteiger partial charge on any atom is -0.445 e. The number of non-ortho nitro benzene ring substituents is 3. The van der Waals surface area contributed by atoms with Gasteiger partial charge in [0, 0.05) is 56.0 Å². The van der Waals surface area contributed by atoms with Crippen LogP contribution in [0.5, 0.6) is 0 Å². The molecule has 0 radical (unpaired) electrons. The molecule has 0 fully saturated rings. The summed E-state index contributed by atoms with van der Waals surface area (Å²) in [6.45, 7) is -1.19. The predicted molar refractivity (Wildman–Crippen MR) is 314 cm³/mol. The molecule has 44 nitrogen and oxygen atoms in total. The molecule has 12 N–H and O–H groups in total. The molecule has 0 bridgehead atoms. The van der Waals surface area contributed by atoms with Gasteiger partial charge in [-0.15, -0.1) is 0 Å². The van der Waals surface area contributed by atoms with E-state index in [-0.39, 0.29) is 82.4 Å². The van der Waals surface area contributed by atoms with Gasteiger partial charge in [-0.25, -0.2) is 50.9 Å². The van der Waals surface area contributed by atoms with E-state index in [1.54, 1.807) is 0 Å². The summed E-state index contributed by atoms with van der Waals surface area (Å²) in [7, 11) is -45.5. The van der Waals surface area contributed by atoms with Crippen molar-refractivity contribution in [3.8, 4) is 0 Å². The zero-order valence-electron chi connectivity index (χ0n) is 48.6. The van der Waals surface area contributed by atoms with Gasteiger partial charge in [-0.3, -0.25) is 43.9 Å². The first-order valence-electron chi connectivity index (χ1n) is 26.6. The van der Waals surface area contributed by atoms with Crippen molar-refractivity contribution in [2.45, 2.75) is 96.9 Å². The third kappa shape index (κ3) is 41.7. The number of nitrogens with zero attached hydrogens (tertiary/aromatic N) is 3. The second-order valence-corrected chi connectivity index (χ2v) is 30.5. The van der Waals surface area contributed by atoms with Crippen LogP contribution in [0.1, 0.15) is 93.7 Å². The van der Waals surface area contributed by atoms with Crippen LogP contribution in [0.3, 0.4) is 0 Å². The van der Waals surface area contributed by atoms with E-state index in [0.717, 1.165) is 0 Å². The molecule has 6 atom stereocenters. The number of ether oxygens (including phenoxy) is 3. The van der Waals surface area contributed by atoms with E-state index in [9.17, 15) is 111 Å². The lowest BCUT2D eigenvalue weighted by atomic mass is 10.2. The lowest BCUT2D eigenvalue weighted by Crippen LogP contribution is -2.25. The Bertz CT molecular complexity index is 3210. The molecule has 0 aliphatic rings. The smallest absolute Gasteiger partial charge is 0.445 e. The molecule has 0 spiro atoms. The first kappa shape index (κ1) is 84.9. The maximum atomic E-state index is 12.1. The zero-order chi connectivity index (χ0) is 70.9. The van der Waals surface area contributed by atoms with Gasteiger partial charge in [0.25, 0.3) is 17.1 Å². The number of benzene rings is 3. The van der Waals surface area contributed by atoms with Crippen LogP contribution in [0.25, 0.3) is 0 Å². The third-order valence-corrected chi connectivity index (χ3v) is 22.0. The van der Waals surface area contributed by atoms with Gasteiger partial charge in [0.05, 0.1) is 34.6 Å². The third-order valence-electron chi connectivity index (χ3n) is 10.6. The Labute approximate surface area is 531 Å². The first-order chi connectivity index (χ1) is 43.6. The number of carbonyl (C=O) groups is 3. The number of unbranched alkanes of at least 4 members (excludes halogenated alkanes) is 9. The summed E-state index contributed by atoms with van der Waals surface area (Å²) < 4.78 is 144. The van der Waals surface area contributed by atoms with Gasteiger partial charge in [0.1, 0.15) is 19.8 Å². The molecule has 0 aliphatic carbocycles. The average molecular weight is 1510 g/mol. The lowest BCUT2D eigenvalue weighted by molar-refractivity contribution is -0.385. The van der Waals surface area contributed by atoms with E-state index in [4.69, 9.17) is 28.9 Å². The Morgan fingerprint density at radius 3 is 0.766 bits per heavy atom. The maximum absolute atomic E-state index is 12.1. The van der Waals surface area contributed by atoms with E-state index in [1.807, 2.05) is 0 Å². The summed E-state index contributed by atoms with van der Waals surface area (Å²) in [5.74, 6) is 0. The van der Waals surface area contributed by atoms with Crippen molar-refractivity contribution in [2.75, 3.05) is 39.5 Å². The fourth-order valence-corrected chi connectivity index (χ4v) is 16.0. The Morgan fingerprint density at radius 1 is 0.330 bits per heavy atom. The highest BCUT2D eigenvalue weighted by molar-refractivity contribution is 7.71. The molecule has 52 heteroatoms. The van der Waals surface area contributed by atoms with Crippen LogP contribution in [-0.4, -0.2) is 117 Å². The van der Waals surface area contributed by atoms with Gasteiger partial charge < -0.3 is 74.2 Å². The molecule has 3 rings (SSSR count). The summed E-state index contributed by atoms with van der Waals surface area (Å²) in [6, 6.07) is 16.2. The fourth-order valence-electron chi connectivity index (χ4n) is 6.51. The van der Waals surface area contributed by atoms with Crippen molar-refractivity contribution in [2.24, 2.45) is 0 Å². The summed E-state index contributed by atoms with van der Waals surface area (Å²) in [5.41, 5.74) is 1.29. The molecule has 532 valence electrons. The Kier molecular flexibility index (Phi) is 37.1. The van der Waals surface area contributed by atoms with E-state index < -0.39 is 109 Å². The van der Waals surface area contributed by atoms with Gasteiger partial charge in [-0.05, 0) is 91.6 Å². The average Bonchev–Trinajstić information content (AvgIpc) is 0.823. The minimum atomic E-state index is -6.24. The number of phosphoric acid groups is 8. The SMILES string of the molecule is O=C(NCCCCCCOP(=O)(O)OP(=O)(O)OP(=O)(O)O)OCc1ccc([N+](=O)[O-])cc1.O=C(NCCCCCCOP(=O)(O)OP(=O)(O)OP(=O)(O)OP(=O)(O)OP(=O)(O)OCCCCCCNC(=O)OCc1ccc([N+](=O)[O-])cc1)OCc1ccc([N+](=O)[O-])cc1. The van der Waals surface area contributed by atoms with Crippen LogP contribution in [0, 0.1) is 30.3 Å². The number of hydrogen-bond donors (Lipinski definition) is 12. The highest BCUT2D eigenvalue weighted by atomic mass is 31.3. The lowest BCUT2D eigenvalue weighted by Gasteiger charge is -2.20. The minimum absolute atomic E-state index is 0.0651. The van der Waals surface area contributed by atoms with Crippen LogP contribution >= 0.6 is 62.6 Å². The molecular formula is C42H66N6O38P8. The number of nitro benzene ring substituents is 3. The van der Waals surface area contributed by atoms with E-state index in [2.05, 4.69) is 55.4 Å². The topological polar surface area (TPSA) is 646 Å². The number of phosphoric ester groups is 3. The van der Waals surface area contributed by atoms with E-state index in [0.29, 0.717) is 74.5 Å². The molecule has 0 saturated carbocycles. The first-order valence-corrected chi connectivity index (χ1v) is 38.6. The Hall–Kier alpha value is -5.21. The van der Waals surface area contributed by atoms with Gasteiger partial charge >= 0.3 is 80.9 Å². The quantitative estimate of drug-likeness (QED) is 0.00824. The summed E-state index contributed by atoms with van der Waals surface area (Å²) in [4.78, 5) is 149. The molecule has 0 saturated heterocycles. The molecule has 3 aromatic rings. The zero-order valence-corrected chi connectivity index (χ0v) is 55.7. The van der Waals surface area contributed by atoms with Crippen LogP contribution in [0.15, 0.2) is 72.8 Å². The normalized spacial score (nSPS) is 16.0. The largest absolute Gasteiger partial charge is 0.490 e. The molecule has 3 amide bonds. The molecule has 0 heterocycles. The maximum Gasteiger partial charge on any atom is 0.490 e. The standard InChI is InChI=1S/C28H43N4O24P5.C14H23N2O14P3/c33-27(49-21-23-9-13-25(14-10-23)31(35)36)29-17-5-1-3-7-19-51-57(39,40)53-59(43,44)55-61(47,48)56-60(45,46)54-58(41,42)52-20-8-4-2-6-18-30-28(34)50-22-24-11-15-26(16-12-24)32(37)38;17-14(27-11-12-5-7-13(8-6-12)16(18)19)15-9-3-1-2-4-10-28-32(23,24)30-33(25,26)29-31(20,21)22/h9-16H,1-8,17-22H2,(H,29,33)(H,30,34)(H,39,40)(H,41,42)(H,43,44)(H,45,46)(H,47,48);5-8H,1-4,9-11H2,(H,15,17)(H,23,24)(H,25,26)(H2,20,21,22). The number of rotatable bonds is 45. The van der Waals surface area contributed by atoms with E-state index >= 15 is 0 Å². The molecule has 3 aromatic carbocycles. The second kappa shape index (κ2) is 41.1. The summed E-state index contributed by atoms with van der Waals surface area (Å²) >= 11 is 0. The highest BCUT2D eigenvalue weighted by Crippen LogP contribution is 2.74. The fraction of sp³-hybridized carbons (Fsp3) is 0.500. The van der Waals surface area contributed by atoms with Crippen LogP contribution in [0.2, 0.25) is 0 Å². The molecule has 0 aromatic heterocycles. The molecule has 0 aliphatic heterocycles. The Morgan fingerprint density at radius 2 is 0.543 bits per heavy atom. The van der Waals surface area contributed by atoms with Gasteiger partial charge in [-0.2, -0.15) is 25.9 Å². The van der Waals surface area contributed by atoms with Gasteiger partial charge in [0.15, 0.2) is 0 Å². The van der Waals surface area contributed by atoms with Crippen molar-refractivity contribution in [1.82, 2.24) is 16.0 Å². The van der Waals surface area contributed by atoms with Crippen molar-refractivity contribution >= 4 is 97.9 Å². The summed E-state index contributed by atoms with van der Waals surface area (Å²) in [5, 5.41) is 39.4. The van der Waals surface area contributed by atoms with Crippen molar-refractivity contribution in [1.29, 1.82) is 0 Å². The Balaban J connectivity index is 0.000000766. The van der Waals surface area contributed by atoms with Crippen LogP contribution < -0.4 is 16.0 Å². The summed E-state index contributed by atoms with van der Waals surface area (Å²) in [6.07, 6.45) is 2.17. The predicted octanol–water partition coefficient (Wildman–Crippen LogP) is 9.10. The number of amides is 3. The highest BCUT2D eigenvalue weighted by Gasteiger charge is 2.48. The monoisotopic (exact) mass is 1510 g/mol. The number of alkyl carbamates (subject to hydrolysis) is 3. The second-order valence-electron chi connectivity index (χ2n) is 18.3. The number of carbonyl (C=O) groups excluding carboxylic acids is 3.